The van der Waals surface area contributed by atoms with Gasteiger partial charge in [-0.05, 0) is 29.5 Å². The van der Waals surface area contributed by atoms with Crippen molar-refractivity contribution in [1.82, 2.24) is 14.8 Å². The SMILES string of the molecule is CC1(C)CC(=O)C2=C(C1)Nc1nc(-c3cccc([N+](=O)[O-])c3)nn1C2c1cccc(O)c1. The van der Waals surface area contributed by atoms with Crippen LogP contribution in [0.4, 0.5) is 11.6 Å². The maximum Gasteiger partial charge on any atom is 0.270 e. The summed E-state index contributed by atoms with van der Waals surface area (Å²) in [5.74, 6) is 0.875. The Morgan fingerprint density at radius 1 is 1.19 bits per heavy atom. The molecule has 0 fully saturated rings. The molecule has 0 bridgehead atoms. The molecule has 1 aliphatic carbocycles. The third-order valence-corrected chi connectivity index (χ3v) is 5.83. The number of hydrogen-bond donors (Lipinski definition) is 2. The molecular weight excluding hydrogens is 410 g/mol. The number of nitrogens with zero attached hydrogens (tertiary/aromatic N) is 4. The fourth-order valence-electron chi connectivity index (χ4n) is 4.49. The summed E-state index contributed by atoms with van der Waals surface area (Å²) in [5, 5.41) is 29.2. The van der Waals surface area contributed by atoms with Crippen LogP contribution in [0.25, 0.3) is 11.4 Å². The van der Waals surface area contributed by atoms with Crippen molar-refractivity contribution in [2.75, 3.05) is 5.32 Å². The number of nitro benzene ring substituents is 1. The number of phenols is 1. The highest BCUT2D eigenvalue weighted by molar-refractivity contribution is 6.00. The van der Waals surface area contributed by atoms with Gasteiger partial charge < -0.3 is 10.4 Å². The molecule has 32 heavy (non-hydrogen) atoms. The molecule has 0 spiro atoms. The minimum absolute atomic E-state index is 0.0233. The zero-order valence-electron chi connectivity index (χ0n) is 17.6. The molecule has 9 nitrogen and oxygen atoms in total. The van der Waals surface area contributed by atoms with Gasteiger partial charge in [-0.25, -0.2) is 4.68 Å². The number of Topliss-reactive ketones (excluding diaryl/α,β-unsaturated/α-hetero) is 1. The van der Waals surface area contributed by atoms with Crippen LogP contribution < -0.4 is 5.32 Å². The van der Waals surface area contributed by atoms with Crippen LogP contribution >= 0.6 is 0 Å². The smallest absolute Gasteiger partial charge is 0.270 e. The van der Waals surface area contributed by atoms with E-state index < -0.39 is 11.0 Å². The van der Waals surface area contributed by atoms with E-state index in [1.807, 2.05) is 19.9 Å². The number of nitrogens with one attached hydrogen (secondary N) is 1. The number of carbonyl (C=O) groups is 1. The number of aromatic nitrogens is 3. The van der Waals surface area contributed by atoms with E-state index in [4.69, 9.17) is 0 Å². The molecule has 2 aromatic carbocycles. The number of anilines is 1. The molecule has 2 aliphatic rings. The predicted molar refractivity (Wildman–Crippen MR) is 117 cm³/mol. The number of non-ortho nitro benzene ring substituents is 1. The van der Waals surface area contributed by atoms with E-state index in [9.17, 15) is 20.0 Å². The third-order valence-electron chi connectivity index (χ3n) is 5.83. The maximum absolute atomic E-state index is 13.2. The molecule has 0 radical (unpaired) electrons. The number of nitro groups is 1. The number of benzene rings is 2. The van der Waals surface area contributed by atoms with Crippen LogP contribution in [0.2, 0.25) is 0 Å². The van der Waals surface area contributed by atoms with Gasteiger partial charge in [0, 0.05) is 35.4 Å². The normalized spacial score (nSPS) is 19.2. The van der Waals surface area contributed by atoms with Gasteiger partial charge in [-0.1, -0.05) is 38.1 Å². The van der Waals surface area contributed by atoms with Crippen molar-refractivity contribution in [2.24, 2.45) is 5.41 Å². The van der Waals surface area contributed by atoms with E-state index >= 15 is 0 Å². The molecule has 2 N–H and O–H groups in total. The second-order valence-corrected chi connectivity index (χ2v) is 8.97. The number of rotatable bonds is 3. The summed E-state index contributed by atoms with van der Waals surface area (Å²) in [6, 6.07) is 12.3. The Morgan fingerprint density at radius 2 is 1.97 bits per heavy atom. The lowest BCUT2D eigenvalue weighted by molar-refractivity contribution is -0.384. The van der Waals surface area contributed by atoms with Gasteiger partial charge in [0.05, 0.1) is 4.92 Å². The van der Waals surface area contributed by atoms with Crippen molar-refractivity contribution in [1.29, 1.82) is 0 Å². The van der Waals surface area contributed by atoms with Crippen LogP contribution in [-0.2, 0) is 4.79 Å². The van der Waals surface area contributed by atoms with Gasteiger partial charge in [0.2, 0.25) is 5.95 Å². The van der Waals surface area contributed by atoms with Crippen LogP contribution in [0.1, 0.15) is 38.3 Å². The fourth-order valence-corrected chi connectivity index (χ4v) is 4.49. The Bertz CT molecular complexity index is 1310. The Morgan fingerprint density at radius 3 is 2.72 bits per heavy atom. The lowest BCUT2D eigenvalue weighted by Gasteiger charge is -2.38. The molecular formula is C23H21N5O4. The summed E-state index contributed by atoms with van der Waals surface area (Å²) in [6.07, 6.45) is 1.08. The van der Waals surface area contributed by atoms with E-state index in [0.29, 0.717) is 41.3 Å². The molecule has 0 saturated carbocycles. The first-order valence-electron chi connectivity index (χ1n) is 10.3. The Kier molecular flexibility index (Phi) is 4.37. The Labute approximate surface area is 183 Å². The minimum Gasteiger partial charge on any atom is -0.508 e. The van der Waals surface area contributed by atoms with E-state index in [0.717, 1.165) is 5.70 Å². The summed E-state index contributed by atoms with van der Waals surface area (Å²) in [6.45, 7) is 4.10. The number of ketones is 1. The molecule has 5 rings (SSSR count). The highest BCUT2D eigenvalue weighted by Gasteiger charge is 2.42. The first-order chi connectivity index (χ1) is 15.2. The molecule has 162 valence electrons. The first kappa shape index (κ1) is 19.9. The highest BCUT2D eigenvalue weighted by atomic mass is 16.6. The van der Waals surface area contributed by atoms with Crippen molar-refractivity contribution in [3.05, 3.63) is 75.5 Å². The molecule has 1 aliphatic heterocycles. The average molecular weight is 431 g/mol. The van der Waals surface area contributed by atoms with Crippen molar-refractivity contribution in [3.8, 4) is 17.1 Å². The van der Waals surface area contributed by atoms with Crippen LogP contribution in [0.5, 0.6) is 5.75 Å². The minimum atomic E-state index is -0.558. The van der Waals surface area contributed by atoms with Gasteiger partial charge in [-0.15, -0.1) is 5.10 Å². The second kappa shape index (κ2) is 7.01. The van der Waals surface area contributed by atoms with Crippen molar-refractivity contribution in [3.63, 3.8) is 0 Å². The third kappa shape index (κ3) is 3.31. The monoisotopic (exact) mass is 431 g/mol. The Balaban J connectivity index is 1.68. The van der Waals surface area contributed by atoms with Gasteiger partial charge in [0.1, 0.15) is 11.8 Å². The molecule has 2 heterocycles. The lowest BCUT2D eigenvalue weighted by atomic mass is 9.73. The summed E-state index contributed by atoms with van der Waals surface area (Å²) >= 11 is 0. The van der Waals surface area contributed by atoms with Gasteiger partial charge >= 0.3 is 0 Å². The second-order valence-electron chi connectivity index (χ2n) is 8.97. The van der Waals surface area contributed by atoms with Crippen molar-refractivity contribution < 1.29 is 14.8 Å². The molecule has 0 amide bonds. The van der Waals surface area contributed by atoms with Crippen LogP contribution in [0, 0.1) is 15.5 Å². The molecule has 1 atom stereocenters. The molecule has 1 unspecified atom stereocenters. The lowest BCUT2D eigenvalue weighted by Crippen LogP contribution is -2.36. The van der Waals surface area contributed by atoms with Gasteiger partial charge in [-0.2, -0.15) is 4.98 Å². The fraction of sp³-hybridized carbons (Fsp3) is 0.261. The van der Waals surface area contributed by atoms with Crippen molar-refractivity contribution >= 4 is 17.4 Å². The number of fused-ring (bicyclic) bond motifs is 1. The molecule has 3 aromatic rings. The van der Waals surface area contributed by atoms with E-state index in [1.165, 1.54) is 12.1 Å². The van der Waals surface area contributed by atoms with Crippen LogP contribution in [0.15, 0.2) is 59.8 Å². The number of hydrogen-bond acceptors (Lipinski definition) is 7. The van der Waals surface area contributed by atoms with Gasteiger partial charge in [-0.3, -0.25) is 14.9 Å². The van der Waals surface area contributed by atoms with Gasteiger partial charge in [0.25, 0.3) is 5.69 Å². The molecule has 1 aromatic heterocycles. The topological polar surface area (TPSA) is 123 Å². The van der Waals surface area contributed by atoms with E-state index in [-0.39, 0.29) is 22.6 Å². The largest absolute Gasteiger partial charge is 0.508 e. The van der Waals surface area contributed by atoms with Crippen LogP contribution in [-0.4, -0.2) is 30.6 Å². The zero-order chi connectivity index (χ0) is 22.6. The standard InChI is InChI=1S/C23H21N5O4/c1-23(2)11-17-19(18(30)12-23)20(13-5-4-8-16(29)10-13)27-22(24-17)25-21(26-27)14-6-3-7-15(9-14)28(31)32/h3-10,20,29H,11-12H2,1-2H3,(H,24,25,26). The highest BCUT2D eigenvalue weighted by Crippen LogP contribution is 2.46. The van der Waals surface area contributed by atoms with Crippen LogP contribution in [0.3, 0.4) is 0 Å². The maximum atomic E-state index is 13.2. The van der Waals surface area contributed by atoms with E-state index in [2.05, 4.69) is 15.4 Å². The quantitative estimate of drug-likeness (QED) is 0.470. The number of carbonyl (C=O) groups excluding carboxylic acids is 1. The van der Waals surface area contributed by atoms with Gasteiger partial charge in [0.15, 0.2) is 11.6 Å². The summed E-state index contributed by atoms with van der Waals surface area (Å²) in [5.41, 5.74) is 2.37. The zero-order valence-corrected chi connectivity index (χ0v) is 17.6. The predicted octanol–water partition coefficient (Wildman–Crippen LogP) is 4.22. The number of phenolic OH excluding ortho intramolecular Hbond substituents is 1. The van der Waals surface area contributed by atoms with E-state index in [1.54, 1.807) is 35.0 Å². The first-order valence-corrected chi connectivity index (χ1v) is 10.3. The number of aromatic hydroxyl groups is 1. The van der Waals surface area contributed by atoms with Crippen molar-refractivity contribution in [2.45, 2.75) is 32.7 Å². The summed E-state index contributed by atoms with van der Waals surface area (Å²) in [4.78, 5) is 28.5. The Hall–Kier alpha value is -4.01. The number of allylic oxidation sites excluding steroid dienone is 2. The molecule has 0 saturated heterocycles. The summed E-state index contributed by atoms with van der Waals surface area (Å²) in [7, 11) is 0. The summed E-state index contributed by atoms with van der Waals surface area (Å²) < 4.78 is 1.62. The molecule has 9 heteroatoms. The average Bonchev–Trinajstić information content (AvgIpc) is 3.15.